The third-order valence-electron chi connectivity index (χ3n) is 5.42. The van der Waals surface area contributed by atoms with Gasteiger partial charge in [0.1, 0.15) is 0 Å². The molecule has 0 aromatic rings. The highest BCUT2D eigenvalue weighted by Gasteiger charge is 2.72. The number of rotatable bonds is 17. The highest BCUT2D eigenvalue weighted by atomic mass is 19.4. The van der Waals surface area contributed by atoms with E-state index in [1.54, 1.807) is 0 Å². The van der Waals surface area contributed by atoms with Crippen LogP contribution in [0.3, 0.4) is 0 Å². The average molecular weight is 452 g/mol. The predicted octanol–water partition coefficient (Wildman–Crippen LogP) is 7.70. The molecule has 0 aromatic carbocycles. The van der Waals surface area contributed by atoms with E-state index in [0.717, 1.165) is 77.4 Å². The second kappa shape index (κ2) is 13.8. The molecule has 180 valence electrons. The Hall–Kier alpha value is -0.570. The van der Waals surface area contributed by atoms with Crippen molar-refractivity contribution in [3.8, 4) is 0 Å². The zero-order valence-electron chi connectivity index (χ0n) is 17.6. The van der Waals surface area contributed by atoms with Crippen molar-refractivity contribution in [1.29, 1.82) is 0 Å². The lowest BCUT2D eigenvalue weighted by Crippen LogP contribution is -2.51. The molecule has 1 heterocycles. The maximum atomic E-state index is 13.1. The van der Waals surface area contributed by atoms with Gasteiger partial charge < -0.3 is 9.47 Å². The number of ether oxygens (including phenoxy) is 2. The molecule has 0 aromatic heterocycles. The van der Waals surface area contributed by atoms with E-state index in [0.29, 0.717) is 13.0 Å². The molecule has 1 aliphatic heterocycles. The third-order valence-corrected chi connectivity index (χ3v) is 5.42. The van der Waals surface area contributed by atoms with Crippen LogP contribution >= 0.6 is 0 Å². The Morgan fingerprint density at radius 2 is 1.20 bits per heavy atom. The Balaban J connectivity index is 1.86. The summed E-state index contributed by atoms with van der Waals surface area (Å²) >= 11 is 0. The van der Waals surface area contributed by atoms with Gasteiger partial charge >= 0.3 is 18.0 Å². The molecule has 1 fully saturated rings. The van der Waals surface area contributed by atoms with Crippen LogP contribution < -0.4 is 0 Å². The van der Waals surface area contributed by atoms with Gasteiger partial charge in [0.15, 0.2) is 0 Å². The lowest BCUT2D eigenvalue weighted by atomic mass is 10.0. The molecule has 1 atom stereocenters. The van der Waals surface area contributed by atoms with Crippen LogP contribution in [0, 0.1) is 0 Å². The lowest BCUT2D eigenvalue weighted by molar-refractivity contribution is -0.355. The second-order valence-corrected chi connectivity index (χ2v) is 8.13. The third kappa shape index (κ3) is 10.2. The Labute approximate surface area is 174 Å². The normalized spacial score (nSPS) is 18.3. The summed E-state index contributed by atoms with van der Waals surface area (Å²) < 4.78 is 98.9. The average Bonchev–Trinajstić information content (AvgIpc) is 3.17. The van der Waals surface area contributed by atoms with E-state index in [9.17, 15) is 30.7 Å². The van der Waals surface area contributed by atoms with E-state index in [4.69, 9.17) is 9.47 Å². The van der Waals surface area contributed by atoms with Crippen LogP contribution in [0.25, 0.3) is 0 Å². The minimum absolute atomic E-state index is 0.232. The molecule has 1 unspecified atom stereocenters. The molecule has 1 rings (SSSR count). The van der Waals surface area contributed by atoms with Crippen LogP contribution in [0.15, 0.2) is 0 Å². The molecule has 0 spiro atoms. The van der Waals surface area contributed by atoms with E-state index < -0.39 is 24.4 Å². The van der Waals surface area contributed by atoms with Gasteiger partial charge in [0, 0.05) is 19.6 Å². The zero-order chi connectivity index (χ0) is 22.5. The van der Waals surface area contributed by atoms with E-state index in [-0.39, 0.29) is 18.9 Å². The zero-order valence-corrected chi connectivity index (χ0v) is 17.6. The van der Waals surface area contributed by atoms with Crippen molar-refractivity contribution >= 4 is 0 Å². The van der Waals surface area contributed by atoms with Gasteiger partial charge in [0.25, 0.3) is 0 Å². The van der Waals surface area contributed by atoms with Crippen LogP contribution in [0.5, 0.6) is 0 Å². The van der Waals surface area contributed by atoms with E-state index in [1.165, 1.54) is 0 Å². The Morgan fingerprint density at radius 3 is 1.67 bits per heavy atom. The fraction of sp³-hybridized carbons (Fsp3) is 1.00. The maximum absolute atomic E-state index is 13.1. The van der Waals surface area contributed by atoms with Crippen LogP contribution in [-0.2, 0) is 9.47 Å². The highest BCUT2D eigenvalue weighted by Crippen LogP contribution is 2.48. The molecular weight excluding hydrogens is 417 g/mol. The number of hydrogen-bond acceptors (Lipinski definition) is 2. The van der Waals surface area contributed by atoms with Crippen LogP contribution in [0.2, 0.25) is 0 Å². The minimum atomic E-state index is -6.23. The number of alkyl halides is 7. The highest BCUT2D eigenvalue weighted by molar-refractivity contribution is 4.90. The van der Waals surface area contributed by atoms with Crippen molar-refractivity contribution < 1.29 is 40.2 Å². The Kier molecular flexibility index (Phi) is 12.6. The molecular formula is C21H35F7O2. The number of hydrogen-bond donors (Lipinski definition) is 0. The first-order chi connectivity index (χ1) is 14.1. The van der Waals surface area contributed by atoms with Gasteiger partial charge in [-0.3, -0.25) is 0 Å². The largest absolute Gasteiger partial charge is 0.459 e. The van der Waals surface area contributed by atoms with Crippen LogP contribution in [-0.4, -0.2) is 43.9 Å². The van der Waals surface area contributed by atoms with Crippen LogP contribution in [0.4, 0.5) is 30.7 Å². The summed E-state index contributed by atoms with van der Waals surface area (Å²) in [5, 5.41) is 0. The van der Waals surface area contributed by atoms with Crippen LogP contribution in [0.1, 0.15) is 89.9 Å². The monoisotopic (exact) mass is 452 g/mol. The Morgan fingerprint density at radius 1 is 0.700 bits per heavy atom. The number of unbranched alkanes of at least 4 members (excludes halogenated alkanes) is 10. The molecule has 1 saturated heterocycles. The first-order valence-corrected chi connectivity index (χ1v) is 11.1. The van der Waals surface area contributed by atoms with Gasteiger partial charge in [-0.25, -0.2) is 0 Å². The fourth-order valence-electron chi connectivity index (χ4n) is 3.50. The van der Waals surface area contributed by atoms with Gasteiger partial charge in [-0.15, -0.1) is 0 Å². The fourth-order valence-corrected chi connectivity index (χ4v) is 3.50. The first kappa shape index (κ1) is 27.5. The van der Waals surface area contributed by atoms with Crippen molar-refractivity contribution in [3.05, 3.63) is 0 Å². The van der Waals surface area contributed by atoms with Gasteiger partial charge in [-0.2, -0.15) is 30.7 Å². The molecule has 9 heteroatoms. The molecule has 2 nitrogen and oxygen atoms in total. The summed E-state index contributed by atoms with van der Waals surface area (Å²) in [7, 11) is 0. The summed E-state index contributed by atoms with van der Waals surface area (Å²) in [6, 6.07) is 0. The molecule has 1 aliphatic rings. The molecule has 0 N–H and O–H groups in total. The molecule has 30 heavy (non-hydrogen) atoms. The van der Waals surface area contributed by atoms with Crippen molar-refractivity contribution in [1.82, 2.24) is 0 Å². The standard InChI is InChI=1S/C21H35F7O2/c22-19(23,20(24,25)21(26,27)28)14-10-8-6-4-2-1-3-5-7-9-11-15-29-17-18-13-12-16-30-18/h18H,1-17H2. The number of halogens is 7. The summed E-state index contributed by atoms with van der Waals surface area (Å²) in [5.41, 5.74) is 0. The van der Waals surface area contributed by atoms with E-state index >= 15 is 0 Å². The molecule has 0 aliphatic carbocycles. The van der Waals surface area contributed by atoms with Gasteiger partial charge in [-0.1, -0.05) is 57.8 Å². The maximum Gasteiger partial charge on any atom is 0.459 e. The molecule has 0 amide bonds. The summed E-state index contributed by atoms with van der Waals surface area (Å²) in [4.78, 5) is 0. The summed E-state index contributed by atoms with van der Waals surface area (Å²) in [6.07, 6.45) is 3.42. The van der Waals surface area contributed by atoms with Gasteiger partial charge in [-0.05, 0) is 25.7 Å². The first-order valence-electron chi connectivity index (χ1n) is 11.1. The smallest absolute Gasteiger partial charge is 0.379 e. The van der Waals surface area contributed by atoms with Crippen molar-refractivity contribution in [2.75, 3.05) is 19.8 Å². The predicted molar refractivity (Wildman–Crippen MR) is 101 cm³/mol. The minimum Gasteiger partial charge on any atom is -0.379 e. The molecule has 0 radical (unpaired) electrons. The van der Waals surface area contributed by atoms with Gasteiger partial charge in [0.05, 0.1) is 12.7 Å². The Bertz CT molecular complexity index is 436. The SMILES string of the molecule is FC(F)(F)C(F)(F)C(F)(F)CCCCCCCCCCCCCOCC1CCCO1. The topological polar surface area (TPSA) is 18.5 Å². The van der Waals surface area contributed by atoms with Crippen molar-refractivity contribution in [2.24, 2.45) is 0 Å². The van der Waals surface area contributed by atoms with E-state index in [1.807, 2.05) is 0 Å². The summed E-state index contributed by atoms with van der Waals surface area (Å²) in [6.45, 7) is 2.28. The summed E-state index contributed by atoms with van der Waals surface area (Å²) in [5.74, 6) is -11.0. The molecule has 0 saturated carbocycles. The van der Waals surface area contributed by atoms with Crippen molar-refractivity contribution in [2.45, 2.75) is 114 Å². The quantitative estimate of drug-likeness (QED) is 0.166. The van der Waals surface area contributed by atoms with Crippen molar-refractivity contribution in [3.63, 3.8) is 0 Å². The van der Waals surface area contributed by atoms with E-state index in [2.05, 4.69) is 0 Å². The second-order valence-electron chi connectivity index (χ2n) is 8.13. The molecule has 0 bridgehead atoms. The van der Waals surface area contributed by atoms with Gasteiger partial charge in [0.2, 0.25) is 0 Å². The lowest BCUT2D eigenvalue weighted by Gasteiger charge is -2.28.